The van der Waals surface area contributed by atoms with E-state index in [1.807, 2.05) is 30.3 Å². The van der Waals surface area contributed by atoms with Gasteiger partial charge < -0.3 is 15.8 Å². The quantitative estimate of drug-likeness (QED) is 0.875. The number of alkyl carbamates (subject to hydrolysis) is 1. The zero-order valence-corrected chi connectivity index (χ0v) is 11.7. The molecule has 0 saturated carbocycles. The van der Waals surface area contributed by atoms with Gasteiger partial charge >= 0.3 is 6.09 Å². The van der Waals surface area contributed by atoms with E-state index in [2.05, 4.69) is 26.1 Å². The zero-order valence-electron chi connectivity index (χ0n) is 11.7. The number of carbonyl (C=O) groups is 2. The van der Waals surface area contributed by atoms with Gasteiger partial charge in [0.1, 0.15) is 6.61 Å². The van der Waals surface area contributed by atoms with Crippen molar-refractivity contribution in [3.05, 3.63) is 35.9 Å². The maximum atomic E-state index is 11.0. The summed E-state index contributed by atoms with van der Waals surface area (Å²) in [4.78, 5) is 21.3. The van der Waals surface area contributed by atoms with Gasteiger partial charge in [0.2, 0.25) is 5.91 Å². The highest BCUT2D eigenvalue weighted by atomic mass is 16.5. The average molecular weight is 266 g/mol. The van der Waals surface area contributed by atoms with Crippen molar-refractivity contribution in [3.8, 4) is 0 Å². The van der Waals surface area contributed by atoms with E-state index in [1.165, 1.54) is 0 Å². The lowest BCUT2D eigenvalue weighted by Crippen LogP contribution is -2.33. The van der Waals surface area contributed by atoms with Gasteiger partial charge in [0.05, 0.1) is 6.54 Å². The van der Waals surface area contributed by atoms with Crippen LogP contribution in [0.1, 0.15) is 26.3 Å². The third-order valence-electron chi connectivity index (χ3n) is 1.62. The molecule has 1 aromatic carbocycles. The van der Waals surface area contributed by atoms with Crippen molar-refractivity contribution in [2.75, 3.05) is 6.54 Å². The molecule has 19 heavy (non-hydrogen) atoms. The fraction of sp³-hybridized carbons (Fsp3) is 0.429. The first-order valence-electron chi connectivity index (χ1n) is 6.14. The molecule has 0 radical (unpaired) electrons. The van der Waals surface area contributed by atoms with Crippen LogP contribution >= 0.6 is 0 Å². The largest absolute Gasteiger partial charge is 0.445 e. The number of ether oxygens (including phenoxy) is 1. The molecule has 0 bridgehead atoms. The highest BCUT2D eigenvalue weighted by Gasteiger charge is 2.03. The summed E-state index contributed by atoms with van der Waals surface area (Å²) in [6.07, 6.45) is -0.655. The van der Waals surface area contributed by atoms with Crippen LogP contribution in [-0.2, 0) is 16.1 Å². The van der Waals surface area contributed by atoms with Crippen LogP contribution in [0.25, 0.3) is 0 Å². The molecule has 0 fully saturated rings. The minimum Gasteiger partial charge on any atom is -0.445 e. The normalized spacial score (nSPS) is 9.26. The number of carbonyl (C=O) groups excluding carboxylic acids is 2. The molecule has 106 valence electrons. The number of rotatable bonds is 4. The van der Waals surface area contributed by atoms with E-state index >= 15 is 0 Å². The van der Waals surface area contributed by atoms with E-state index in [9.17, 15) is 9.59 Å². The van der Waals surface area contributed by atoms with Gasteiger partial charge in [-0.3, -0.25) is 4.79 Å². The van der Waals surface area contributed by atoms with Crippen LogP contribution in [0.3, 0.4) is 0 Å². The van der Waals surface area contributed by atoms with Crippen LogP contribution in [0.5, 0.6) is 0 Å². The summed E-state index contributed by atoms with van der Waals surface area (Å²) in [6, 6.07) is 9.24. The monoisotopic (exact) mass is 266 g/mol. The Morgan fingerprint density at radius 3 is 2.21 bits per heavy atom. The lowest BCUT2D eigenvalue weighted by Gasteiger charge is -2.05. The summed E-state index contributed by atoms with van der Waals surface area (Å²) in [7, 11) is 0. The van der Waals surface area contributed by atoms with E-state index in [0.29, 0.717) is 0 Å². The van der Waals surface area contributed by atoms with Gasteiger partial charge in [0, 0.05) is 0 Å². The van der Waals surface area contributed by atoms with E-state index in [-0.39, 0.29) is 13.2 Å². The first kappa shape index (κ1) is 17.0. The van der Waals surface area contributed by atoms with Gasteiger partial charge in [-0.25, -0.2) is 4.79 Å². The van der Waals surface area contributed by atoms with Crippen LogP contribution in [0.4, 0.5) is 4.79 Å². The van der Waals surface area contributed by atoms with Crippen molar-refractivity contribution in [2.45, 2.75) is 27.4 Å². The Kier molecular flexibility index (Phi) is 8.87. The molecule has 0 saturated heterocycles. The number of primary amides is 1. The molecular formula is C14H22N2O3. The van der Waals surface area contributed by atoms with Gasteiger partial charge in [-0.15, -0.1) is 0 Å². The summed E-state index contributed by atoms with van der Waals surface area (Å²) in [6.45, 7) is 6.46. The van der Waals surface area contributed by atoms with Crippen molar-refractivity contribution in [1.82, 2.24) is 5.32 Å². The molecule has 0 spiro atoms. The molecule has 1 aromatic rings. The lowest BCUT2D eigenvalue weighted by molar-refractivity contribution is -0.117. The van der Waals surface area contributed by atoms with Crippen molar-refractivity contribution in [3.63, 3.8) is 0 Å². The molecule has 2 amide bonds. The number of benzene rings is 1. The summed E-state index contributed by atoms with van der Waals surface area (Å²) < 4.78 is 4.82. The summed E-state index contributed by atoms with van der Waals surface area (Å²) >= 11 is 0. The Labute approximate surface area is 114 Å². The molecule has 0 aromatic heterocycles. The number of hydrogen-bond acceptors (Lipinski definition) is 3. The minimum atomic E-state index is -0.655. The summed E-state index contributed by atoms with van der Waals surface area (Å²) in [5.41, 5.74) is 5.72. The highest BCUT2D eigenvalue weighted by Crippen LogP contribution is 2.00. The van der Waals surface area contributed by atoms with Crippen LogP contribution in [0.15, 0.2) is 30.3 Å². The Morgan fingerprint density at radius 1 is 1.21 bits per heavy atom. The van der Waals surface area contributed by atoms with Crippen molar-refractivity contribution >= 4 is 12.0 Å². The van der Waals surface area contributed by atoms with Gasteiger partial charge in [-0.2, -0.15) is 0 Å². The van der Waals surface area contributed by atoms with Crippen LogP contribution in [0.2, 0.25) is 0 Å². The standard InChI is InChI=1S/C10H12N2O3.C4H10/c11-9(13)6-12-10(14)15-7-8-4-2-1-3-5-8;1-4(2)3/h1-5H,6-7H2,(H2,11,13)(H,12,14);4H,1-3H3. The second kappa shape index (κ2) is 9.94. The Bertz CT molecular complexity index is 375. The molecule has 5 nitrogen and oxygen atoms in total. The summed E-state index contributed by atoms with van der Waals surface area (Å²) in [5.74, 6) is 0.228. The van der Waals surface area contributed by atoms with Gasteiger partial charge in [0.15, 0.2) is 0 Å². The Hall–Kier alpha value is -2.04. The van der Waals surface area contributed by atoms with E-state index < -0.39 is 12.0 Å². The van der Waals surface area contributed by atoms with Crippen LogP contribution in [-0.4, -0.2) is 18.5 Å². The number of hydrogen-bond donors (Lipinski definition) is 2. The van der Waals surface area contributed by atoms with Gasteiger partial charge in [-0.1, -0.05) is 51.1 Å². The molecule has 1 rings (SSSR count). The van der Waals surface area contributed by atoms with Crippen molar-refractivity contribution < 1.29 is 14.3 Å². The molecule has 0 aliphatic heterocycles. The van der Waals surface area contributed by atoms with Crippen LogP contribution < -0.4 is 11.1 Å². The number of amides is 2. The maximum Gasteiger partial charge on any atom is 0.407 e. The molecular weight excluding hydrogens is 244 g/mol. The van der Waals surface area contributed by atoms with E-state index in [4.69, 9.17) is 10.5 Å². The predicted molar refractivity (Wildman–Crippen MR) is 74.3 cm³/mol. The smallest absolute Gasteiger partial charge is 0.407 e. The van der Waals surface area contributed by atoms with E-state index in [0.717, 1.165) is 11.5 Å². The average Bonchev–Trinajstić information content (AvgIpc) is 2.34. The molecule has 0 heterocycles. The zero-order chi connectivity index (χ0) is 14.7. The molecule has 0 unspecified atom stereocenters. The first-order valence-corrected chi connectivity index (χ1v) is 6.14. The Morgan fingerprint density at radius 2 is 1.74 bits per heavy atom. The van der Waals surface area contributed by atoms with Gasteiger partial charge in [0.25, 0.3) is 0 Å². The molecule has 0 aliphatic rings. The van der Waals surface area contributed by atoms with Crippen LogP contribution in [0, 0.1) is 5.92 Å². The van der Waals surface area contributed by atoms with Gasteiger partial charge in [-0.05, 0) is 11.5 Å². The number of nitrogens with two attached hydrogens (primary N) is 1. The SMILES string of the molecule is CC(C)C.NC(=O)CNC(=O)OCc1ccccc1. The highest BCUT2D eigenvalue weighted by molar-refractivity contribution is 5.80. The maximum absolute atomic E-state index is 11.0. The fourth-order valence-corrected chi connectivity index (χ4v) is 0.933. The second-order valence-corrected chi connectivity index (χ2v) is 4.61. The molecule has 3 N–H and O–H groups in total. The Balaban J connectivity index is 0.000000711. The lowest BCUT2D eigenvalue weighted by atomic mass is 10.2. The molecule has 0 atom stereocenters. The third kappa shape index (κ3) is 12.2. The second-order valence-electron chi connectivity index (χ2n) is 4.61. The minimum absolute atomic E-state index is 0.172. The first-order chi connectivity index (χ1) is 8.91. The molecule has 0 aliphatic carbocycles. The van der Waals surface area contributed by atoms with Crippen molar-refractivity contribution in [2.24, 2.45) is 11.7 Å². The van der Waals surface area contributed by atoms with Crippen molar-refractivity contribution in [1.29, 1.82) is 0 Å². The van der Waals surface area contributed by atoms with E-state index in [1.54, 1.807) is 0 Å². The predicted octanol–water partition coefficient (Wildman–Crippen LogP) is 2.06. The third-order valence-corrected chi connectivity index (χ3v) is 1.62. The molecule has 5 heteroatoms. The topological polar surface area (TPSA) is 81.4 Å². The fourth-order valence-electron chi connectivity index (χ4n) is 0.933. The summed E-state index contributed by atoms with van der Waals surface area (Å²) in [5, 5.41) is 2.22. The number of nitrogens with one attached hydrogen (secondary N) is 1.